The van der Waals surface area contributed by atoms with Gasteiger partial charge in [0.15, 0.2) is 5.03 Å². The zero-order chi connectivity index (χ0) is 14.8. The number of nitrogens with zero attached hydrogens (tertiary/aromatic N) is 2. The third-order valence-electron chi connectivity index (χ3n) is 2.28. The number of carboxylic acid groups (broad SMARTS) is 1. The Morgan fingerprint density at radius 2 is 2.00 bits per heavy atom. The van der Waals surface area contributed by atoms with Gasteiger partial charge in [-0.2, -0.15) is 8.42 Å². The summed E-state index contributed by atoms with van der Waals surface area (Å²) in [6.45, 7) is 0. The predicted molar refractivity (Wildman–Crippen MR) is 73.9 cm³/mol. The molecule has 0 spiro atoms. The van der Waals surface area contributed by atoms with Gasteiger partial charge in [-0.25, -0.2) is 9.78 Å². The smallest absolute Gasteiger partial charge is 0.337 e. The first kappa shape index (κ1) is 14.4. The van der Waals surface area contributed by atoms with Crippen molar-refractivity contribution in [1.82, 2.24) is 9.97 Å². The lowest BCUT2D eigenvalue weighted by Crippen LogP contribution is -2.15. The third kappa shape index (κ3) is 3.11. The van der Waals surface area contributed by atoms with Crippen molar-refractivity contribution in [3.8, 4) is 0 Å². The SMILES string of the molecule is O=C(O)c1ccc(S(=O)(=O)Nc2ccncc2Br)nc1. The fraction of sp³-hybridized carbons (Fsp3) is 0. The van der Waals surface area contributed by atoms with Crippen LogP contribution in [-0.2, 0) is 10.0 Å². The minimum absolute atomic E-state index is 0.0889. The average molecular weight is 358 g/mol. The molecular weight excluding hydrogens is 350 g/mol. The molecular formula is C11H8BrN3O4S. The zero-order valence-electron chi connectivity index (χ0n) is 9.82. The Balaban J connectivity index is 2.31. The predicted octanol–water partition coefficient (Wildman–Crippen LogP) is 1.74. The van der Waals surface area contributed by atoms with E-state index < -0.39 is 16.0 Å². The lowest BCUT2D eigenvalue weighted by Gasteiger charge is -2.08. The van der Waals surface area contributed by atoms with E-state index in [1.807, 2.05) is 0 Å². The molecule has 0 aliphatic heterocycles. The number of nitrogens with one attached hydrogen (secondary N) is 1. The highest BCUT2D eigenvalue weighted by molar-refractivity contribution is 9.10. The summed E-state index contributed by atoms with van der Waals surface area (Å²) in [6.07, 6.45) is 3.86. The number of sulfonamides is 1. The molecule has 0 aliphatic carbocycles. The van der Waals surface area contributed by atoms with E-state index in [4.69, 9.17) is 5.11 Å². The van der Waals surface area contributed by atoms with Gasteiger partial charge in [0, 0.05) is 18.6 Å². The second kappa shape index (κ2) is 5.55. The van der Waals surface area contributed by atoms with Crippen LogP contribution in [0.15, 0.2) is 46.3 Å². The standard InChI is InChI=1S/C11H8BrN3O4S/c12-8-6-13-4-3-9(8)15-20(18,19)10-2-1-7(5-14-10)11(16)17/h1-6H,(H,13,15)(H,16,17). The highest BCUT2D eigenvalue weighted by Crippen LogP contribution is 2.22. The van der Waals surface area contributed by atoms with Crippen molar-refractivity contribution in [3.05, 3.63) is 46.8 Å². The number of aromatic nitrogens is 2. The van der Waals surface area contributed by atoms with E-state index in [2.05, 4.69) is 30.6 Å². The molecule has 2 aromatic heterocycles. The second-order valence-corrected chi connectivity index (χ2v) is 6.13. The molecule has 9 heteroatoms. The van der Waals surface area contributed by atoms with E-state index in [1.165, 1.54) is 24.5 Å². The molecule has 20 heavy (non-hydrogen) atoms. The molecule has 0 aromatic carbocycles. The van der Waals surface area contributed by atoms with Crippen LogP contribution in [-0.4, -0.2) is 29.5 Å². The number of carboxylic acids is 1. The van der Waals surface area contributed by atoms with Gasteiger partial charge in [0.1, 0.15) is 0 Å². The largest absolute Gasteiger partial charge is 0.478 e. The molecule has 104 valence electrons. The van der Waals surface area contributed by atoms with Crippen LogP contribution in [0.1, 0.15) is 10.4 Å². The Labute approximate surface area is 122 Å². The van der Waals surface area contributed by atoms with Crippen molar-refractivity contribution >= 4 is 37.6 Å². The first-order chi connectivity index (χ1) is 9.40. The minimum Gasteiger partial charge on any atom is -0.478 e. The Hall–Kier alpha value is -2.00. The van der Waals surface area contributed by atoms with Crippen molar-refractivity contribution in [1.29, 1.82) is 0 Å². The van der Waals surface area contributed by atoms with Crippen LogP contribution in [0, 0.1) is 0 Å². The molecule has 0 fully saturated rings. The molecule has 0 bridgehead atoms. The number of aromatic carboxylic acids is 1. The van der Waals surface area contributed by atoms with Crippen molar-refractivity contribution in [2.24, 2.45) is 0 Å². The molecule has 0 amide bonds. The van der Waals surface area contributed by atoms with Crippen molar-refractivity contribution in [3.63, 3.8) is 0 Å². The maximum atomic E-state index is 12.1. The molecule has 0 saturated heterocycles. The van der Waals surface area contributed by atoms with Gasteiger partial charge in [-0.3, -0.25) is 9.71 Å². The normalized spacial score (nSPS) is 11.1. The number of carbonyl (C=O) groups is 1. The summed E-state index contributed by atoms with van der Waals surface area (Å²) in [6, 6.07) is 3.78. The van der Waals surface area contributed by atoms with Crippen LogP contribution in [0.4, 0.5) is 5.69 Å². The maximum Gasteiger partial charge on any atom is 0.337 e. The lowest BCUT2D eigenvalue weighted by molar-refractivity contribution is 0.0696. The number of hydrogen-bond donors (Lipinski definition) is 2. The summed E-state index contributed by atoms with van der Waals surface area (Å²) in [5.74, 6) is -1.17. The molecule has 0 atom stereocenters. The second-order valence-electron chi connectivity index (χ2n) is 3.65. The lowest BCUT2D eigenvalue weighted by atomic mass is 10.3. The summed E-state index contributed by atoms with van der Waals surface area (Å²) in [5, 5.41) is 8.46. The minimum atomic E-state index is -3.89. The monoisotopic (exact) mass is 357 g/mol. The molecule has 7 nitrogen and oxygen atoms in total. The summed E-state index contributed by atoms with van der Waals surface area (Å²) < 4.78 is 26.9. The summed E-state index contributed by atoms with van der Waals surface area (Å²) >= 11 is 3.16. The first-order valence-corrected chi connectivity index (χ1v) is 7.49. The highest BCUT2D eigenvalue weighted by Gasteiger charge is 2.17. The van der Waals surface area contributed by atoms with E-state index in [0.29, 0.717) is 10.2 Å². The number of pyridine rings is 2. The molecule has 2 rings (SSSR count). The quantitative estimate of drug-likeness (QED) is 0.862. The van der Waals surface area contributed by atoms with Gasteiger partial charge in [0.2, 0.25) is 0 Å². The molecule has 0 unspecified atom stereocenters. The summed E-state index contributed by atoms with van der Waals surface area (Å²) in [7, 11) is -3.89. The van der Waals surface area contributed by atoms with E-state index in [-0.39, 0.29) is 10.6 Å². The molecule has 0 radical (unpaired) electrons. The summed E-state index contributed by atoms with van der Waals surface area (Å²) in [5.41, 5.74) is 0.221. The van der Waals surface area contributed by atoms with Gasteiger partial charge in [-0.05, 0) is 34.1 Å². The van der Waals surface area contributed by atoms with Crippen LogP contribution in [0.2, 0.25) is 0 Å². The van der Waals surface area contributed by atoms with Crippen LogP contribution >= 0.6 is 15.9 Å². The van der Waals surface area contributed by atoms with Crippen LogP contribution in [0.5, 0.6) is 0 Å². The molecule has 0 saturated carbocycles. The van der Waals surface area contributed by atoms with Crippen LogP contribution < -0.4 is 4.72 Å². The number of anilines is 1. The van der Waals surface area contributed by atoms with Gasteiger partial charge in [0.25, 0.3) is 10.0 Å². The van der Waals surface area contributed by atoms with Crippen LogP contribution in [0.3, 0.4) is 0 Å². The van der Waals surface area contributed by atoms with E-state index in [9.17, 15) is 13.2 Å². The number of hydrogen-bond acceptors (Lipinski definition) is 5. The Bertz CT molecular complexity index is 747. The number of rotatable bonds is 4. The first-order valence-electron chi connectivity index (χ1n) is 5.22. The summed E-state index contributed by atoms with van der Waals surface area (Å²) in [4.78, 5) is 18.1. The zero-order valence-corrected chi connectivity index (χ0v) is 12.2. The fourth-order valence-corrected chi connectivity index (χ4v) is 2.81. The molecule has 0 aliphatic rings. The Kier molecular flexibility index (Phi) is 4.00. The Morgan fingerprint density at radius 1 is 1.25 bits per heavy atom. The van der Waals surface area contributed by atoms with Gasteiger partial charge < -0.3 is 5.11 Å². The van der Waals surface area contributed by atoms with Gasteiger partial charge in [-0.15, -0.1) is 0 Å². The maximum absolute atomic E-state index is 12.1. The molecule has 2 heterocycles. The molecule has 2 N–H and O–H groups in total. The van der Waals surface area contributed by atoms with E-state index in [1.54, 1.807) is 0 Å². The van der Waals surface area contributed by atoms with Crippen molar-refractivity contribution in [2.75, 3.05) is 4.72 Å². The number of halogens is 1. The highest BCUT2D eigenvalue weighted by atomic mass is 79.9. The van der Waals surface area contributed by atoms with Gasteiger partial charge in [0.05, 0.1) is 15.7 Å². The average Bonchev–Trinajstić information content (AvgIpc) is 2.41. The van der Waals surface area contributed by atoms with E-state index in [0.717, 1.165) is 12.3 Å². The van der Waals surface area contributed by atoms with E-state index >= 15 is 0 Å². The fourth-order valence-electron chi connectivity index (χ4n) is 1.32. The Morgan fingerprint density at radius 3 is 2.55 bits per heavy atom. The van der Waals surface area contributed by atoms with Crippen LogP contribution in [0.25, 0.3) is 0 Å². The topological polar surface area (TPSA) is 109 Å². The third-order valence-corrected chi connectivity index (χ3v) is 4.19. The van der Waals surface area contributed by atoms with Crippen molar-refractivity contribution in [2.45, 2.75) is 5.03 Å². The molecule has 2 aromatic rings. The van der Waals surface area contributed by atoms with Gasteiger partial charge in [-0.1, -0.05) is 0 Å². The van der Waals surface area contributed by atoms with Crippen molar-refractivity contribution < 1.29 is 18.3 Å². The van der Waals surface area contributed by atoms with Gasteiger partial charge >= 0.3 is 5.97 Å².